The first-order chi connectivity index (χ1) is 12.6. The second-order valence-corrected chi connectivity index (χ2v) is 7.31. The summed E-state index contributed by atoms with van der Waals surface area (Å²) in [5.74, 6) is -0.0865. The minimum absolute atomic E-state index is 0.0463. The van der Waals surface area contributed by atoms with Gasteiger partial charge in [-0.05, 0) is 32.1 Å². The van der Waals surface area contributed by atoms with Gasteiger partial charge in [-0.3, -0.25) is 9.59 Å². The number of hydrogen-bond acceptors (Lipinski definition) is 5. The Hall–Kier alpha value is -1.20. The van der Waals surface area contributed by atoms with Crippen molar-refractivity contribution < 1.29 is 24.5 Å². The van der Waals surface area contributed by atoms with Gasteiger partial charge < -0.3 is 14.9 Å². The molecule has 0 saturated heterocycles. The third-order valence-corrected chi connectivity index (χ3v) is 5.24. The second-order valence-electron chi connectivity index (χ2n) is 7.31. The fourth-order valence-electron chi connectivity index (χ4n) is 3.66. The maximum Gasteiger partial charge on any atom is 0.305 e. The largest absolute Gasteiger partial charge is 0.469 e. The summed E-state index contributed by atoms with van der Waals surface area (Å²) in [4.78, 5) is 23.2. The highest BCUT2D eigenvalue weighted by Crippen LogP contribution is 2.34. The molecular formula is C21H36O5. The molecule has 0 bridgehead atoms. The van der Waals surface area contributed by atoms with Crippen LogP contribution in [0.15, 0.2) is 12.2 Å². The van der Waals surface area contributed by atoms with Gasteiger partial charge in [0.2, 0.25) is 0 Å². The lowest BCUT2D eigenvalue weighted by Gasteiger charge is -2.17. The van der Waals surface area contributed by atoms with Gasteiger partial charge in [0.25, 0.3) is 0 Å². The summed E-state index contributed by atoms with van der Waals surface area (Å²) in [5, 5.41) is 18.9. The Labute approximate surface area is 157 Å². The molecule has 0 aromatic carbocycles. The van der Waals surface area contributed by atoms with Gasteiger partial charge in [-0.25, -0.2) is 0 Å². The molecule has 3 atom stereocenters. The topological polar surface area (TPSA) is 83.8 Å². The van der Waals surface area contributed by atoms with Gasteiger partial charge in [-0.2, -0.15) is 0 Å². The molecule has 0 aliphatic heterocycles. The lowest BCUT2D eigenvalue weighted by atomic mass is 9.88. The van der Waals surface area contributed by atoms with Crippen LogP contribution in [0.25, 0.3) is 0 Å². The van der Waals surface area contributed by atoms with Crippen molar-refractivity contribution in [2.75, 3.05) is 13.7 Å². The predicted octanol–water partition coefficient (Wildman–Crippen LogP) is 3.57. The predicted molar refractivity (Wildman–Crippen MR) is 102 cm³/mol. The SMILES string of the molecule is COC(=O)CCCCCC[C@H]1C(=O)C[C@@H](O)[C@@H]1C=CCCCCCCO. The average Bonchev–Trinajstić information content (AvgIpc) is 2.90. The maximum absolute atomic E-state index is 12.2. The Morgan fingerprint density at radius 3 is 2.54 bits per heavy atom. The monoisotopic (exact) mass is 368 g/mol. The number of aliphatic hydroxyl groups excluding tert-OH is 2. The number of unbranched alkanes of at least 4 members (excludes halogenated alkanes) is 7. The van der Waals surface area contributed by atoms with Crippen molar-refractivity contribution in [3.8, 4) is 0 Å². The van der Waals surface area contributed by atoms with Crippen LogP contribution in [0.1, 0.15) is 77.0 Å². The zero-order valence-corrected chi connectivity index (χ0v) is 16.2. The molecule has 0 spiro atoms. The minimum atomic E-state index is -0.544. The number of allylic oxidation sites excluding steroid dienone is 1. The Kier molecular flexibility index (Phi) is 12.2. The first-order valence-electron chi connectivity index (χ1n) is 10.1. The molecule has 26 heavy (non-hydrogen) atoms. The van der Waals surface area contributed by atoms with E-state index in [1.165, 1.54) is 7.11 Å². The molecule has 5 nitrogen and oxygen atoms in total. The van der Waals surface area contributed by atoms with E-state index in [4.69, 9.17) is 5.11 Å². The van der Waals surface area contributed by atoms with Crippen LogP contribution in [0.3, 0.4) is 0 Å². The fraction of sp³-hybridized carbons (Fsp3) is 0.810. The van der Waals surface area contributed by atoms with Crippen molar-refractivity contribution in [1.29, 1.82) is 0 Å². The first kappa shape index (κ1) is 22.8. The molecule has 1 rings (SSSR count). The number of hydrogen-bond donors (Lipinski definition) is 2. The van der Waals surface area contributed by atoms with E-state index in [2.05, 4.69) is 10.8 Å². The maximum atomic E-state index is 12.2. The van der Waals surface area contributed by atoms with Crippen molar-refractivity contribution in [2.24, 2.45) is 11.8 Å². The molecule has 0 radical (unpaired) electrons. The first-order valence-corrected chi connectivity index (χ1v) is 10.1. The molecule has 0 heterocycles. The van der Waals surface area contributed by atoms with E-state index < -0.39 is 6.10 Å². The van der Waals surface area contributed by atoms with Crippen LogP contribution in [0, 0.1) is 11.8 Å². The van der Waals surface area contributed by atoms with Crippen molar-refractivity contribution in [2.45, 2.75) is 83.2 Å². The van der Waals surface area contributed by atoms with E-state index in [9.17, 15) is 14.7 Å². The average molecular weight is 369 g/mol. The molecule has 0 aromatic heterocycles. The van der Waals surface area contributed by atoms with Crippen molar-refractivity contribution >= 4 is 11.8 Å². The quantitative estimate of drug-likeness (QED) is 0.278. The molecule has 2 N–H and O–H groups in total. The van der Waals surface area contributed by atoms with Crippen LogP contribution in [-0.4, -0.2) is 41.8 Å². The molecule has 1 aliphatic rings. The van der Waals surface area contributed by atoms with E-state index in [0.29, 0.717) is 6.42 Å². The van der Waals surface area contributed by atoms with Crippen molar-refractivity contribution in [1.82, 2.24) is 0 Å². The second kappa shape index (κ2) is 13.9. The van der Waals surface area contributed by atoms with Crippen LogP contribution in [0.4, 0.5) is 0 Å². The molecule has 1 saturated carbocycles. The van der Waals surface area contributed by atoms with Crippen LogP contribution in [0.2, 0.25) is 0 Å². The number of carbonyl (C=O) groups is 2. The van der Waals surface area contributed by atoms with Gasteiger partial charge in [0.05, 0.1) is 13.2 Å². The lowest BCUT2D eigenvalue weighted by Crippen LogP contribution is -2.18. The third kappa shape index (κ3) is 8.95. The summed E-state index contributed by atoms with van der Waals surface area (Å²) in [7, 11) is 1.40. The molecule has 0 unspecified atom stereocenters. The Bertz CT molecular complexity index is 432. The fourth-order valence-corrected chi connectivity index (χ4v) is 3.66. The Morgan fingerprint density at radius 2 is 1.81 bits per heavy atom. The van der Waals surface area contributed by atoms with E-state index >= 15 is 0 Å². The van der Waals surface area contributed by atoms with Gasteiger partial charge in [0.1, 0.15) is 5.78 Å². The number of aliphatic hydroxyl groups is 2. The van der Waals surface area contributed by atoms with E-state index in [0.717, 1.165) is 64.2 Å². The number of carbonyl (C=O) groups excluding carboxylic acids is 2. The number of esters is 1. The highest BCUT2D eigenvalue weighted by molar-refractivity contribution is 5.84. The van der Waals surface area contributed by atoms with E-state index in [-0.39, 0.29) is 36.6 Å². The van der Waals surface area contributed by atoms with Crippen LogP contribution >= 0.6 is 0 Å². The number of Topliss-reactive ketones (excluding diaryl/α,β-unsaturated/α-hetero) is 1. The van der Waals surface area contributed by atoms with Gasteiger partial charge in [-0.1, -0.05) is 44.3 Å². The summed E-state index contributed by atoms with van der Waals surface area (Å²) >= 11 is 0. The van der Waals surface area contributed by atoms with E-state index in [1.807, 2.05) is 6.08 Å². The van der Waals surface area contributed by atoms with Crippen LogP contribution in [0.5, 0.6) is 0 Å². The summed E-state index contributed by atoms with van der Waals surface area (Å²) in [6, 6.07) is 0. The normalized spacial score (nSPS) is 23.0. The summed E-state index contributed by atoms with van der Waals surface area (Å²) < 4.78 is 4.62. The van der Waals surface area contributed by atoms with Crippen molar-refractivity contribution in [3.05, 3.63) is 12.2 Å². The highest BCUT2D eigenvalue weighted by Gasteiger charge is 2.39. The Morgan fingerprint density at radius 1 is 1.12 bits per heavy atom. The molecule has 150 valence electrons. The zero-order valence-electron chi connectivity index (χ0n) is 16.2. The zero-order chi connectivity index (χ0) is 19.2. The van der Waals surface area contributed by atoms with Gasteiger partial charge >= 0.3 is 5.97 Å². The number of ketones is 1. The lowest BCUT2D eigenvalue weighted by molar-refractivity contribution is -0.140. The number of methoxy groups -OCH3 is 1. The minimum Gasteiger partial charge on any atom is -0.469 e. The highest BCUT2D eigenvalue weighted by atomic mass is 16.5. The molecule has 1 fully saturated rings. The van der Waals surface area contributed by atoms with Gasteiger partial charge in [0.15, 0.2) is 0 Å². The molecular weight excluding hydrogens is 332 g/mol. The summed E-state index contributed by atoms with van der Waals surface area (Å²) in [5.41, 5.74) is 0. The van der Waals surface area contributed by atoms with Crippen molar-refractivity contribution in [3.63, 3.8) is 0 Å². The van der Waals surface area contributed by atoms with Crippen LogP contribution < -0.4 is 0 Å². The molecule has 5 heteroatoms. The summed E-state index contributed by atoms with van der Waals surface area (Å²) in [6.07, 6.45) is 14.0. The smallest absolute Gasteiger partial charge is 0.305 e. The number of rotatable bonds is 14. The van der Waals surface area contributed by atoms with Gasteiger partial charge in [0, 0.05) is 31.3 Å². The van der Waals surface area contributed by atoms with Crippen LogP contribution in [-0.2, 0) is 14.3 Å². The number of ether oxygens (including phenoxy) is 1. The van der Waals surface area contributed by atoms with Gasteiger partial charge in [-0.15, -0.1) is 0 Å². The molecule has 0 aromatic rings. The molecule has 0 amide bonds. The van der Waals surface area contributed by atoms with E-state index in [1.54, 1.807) is 0 Å². The molecule has 1 aliphatic carbocycles. The Balaban J connectivity index is 2.26. The third-order valence-electron chi connectivity index (χ3n) is 5.24. The summed E-state index contributed by atoms with van der Waals surface area (Å²) in [6.45, 7) is 0.261. The standard InChI is InChI=1S/C21H36O5/c1-26-21(25)14-10-6-5-9-13-18-17(19(23)16-20(18)24)12-8-4-2-3-7-11-15-22/h8,12,17-19,22-23H,2-7,9-11,13-16H2,1H3/t17-,18-,19-/m1/s1.